The van der Waals surface area contributed by atoms with Gasteiger partial charge in [-0.1, -0.05) is 6.92 Å². The first-order valence-corrected chi connectivity index (χ1v) is 8.29. The third kappa shape index (κ3) is 5.40. The number of hydrogen-bond acceptors (Lipinski definition) is 3. The Morgan fingerprint density at radius 2 is 1.79 bits per heavy atom. The van der Waals surface area contributed by atoms with Crippen LogP contribution in [0.4, 0.5) is 9.18 Å². The molecule has 1 aliphatic rings. The summed E-state index contributed by atoms with van der Waals surface area (Å²) in [5, 5.41) is 2.85. The Labute approximate surface area is 141 Å². The Bertz CT molecular complexity index is 551. The van der Waals surface area contributed by atoms with Crippen LogP contribution in [0.3, 0.4) is 0 Å². The van der Waals surface area contributed by atoms with Crippen molar-refractivity contribution in [2.75, 3.05) is 39.3 Å². The van der Waals surface area contributed by atoms with E-state index in [4.69, 9.17) is 4.74 Å². The maximum Gasteiger partial charge on any atom is 0.317 e. The standard InChI is InChI=1S/C17H24FN3O3/c1-2-8-19-17(23)21-10-3-9-20(11-12-21)16(22)13-24-15-6-4-14(18)5-7-15/h4-7H,2-3,8-13H2,1H3,(H,19,23). The lowest BCUT2D eigenvalue weighted by molar-refractivity contribution is -0.133. The zero-order chi connectivity index (χ0) is 17.4. The molecule has 0 unspecified atom stereocenters. The maximum absolute atomic E-state index is 12.8. The van der Waals surface area contributed by atoms with E-state index in [0.29, 0.717) is 38.5 Å². The number of hydrogen-bond donors (Lipinski definition) is 1. The highest BCUT2D eigenvalue weighted by Crippen LogP contribution is 2.11. The molecule has 7 heteroatoms. The van der Waals surface area contributed by atoms with Crippen LogP contribution < -0.4 is 10.1 Å². The van der Waals surface area contributed by atoms with Crippen LogP contribution >= 0.6 is 0 Å². The van der Waals surface area contributed by atoms with E-state index >= 15 is 0 Å². The molecule has 24 heavy (non-hydrogen) atoms. The molecule has 0 saturated carbocycles. The van der Waals surface area contributed by atoms with Gasteiger partial charge in [-0.2, -0.15) is 0 Å². The molecule has 0 atom stereocenters. The first-order valence-electron chi connectivity index (χ1n) is 8.29. The van der Waals surface area contributed by atoms with Crippen LogP contribution in [0, 0.1) is 5.82 Å². The van der Waals surface area contributed by atoms with Crippen molar-refractivity contribution in [1.82, 2.24) is 15.1 Å². The quantitative estimate of drug-likeness (QED) is 0.892. The van der Waals surface area contributed by atoms with Crippen LogP contribution in [0.5, 0.6) is 5.75 Å². The molecule has 0 radical (unpaired) electrons. The van der Waals surface area contributed by atoms with E-state index in [1.165, 1.54) is 24.3 Å². The van der Waals surface area contributed by atoms with Gasteiger partial charge in [-0.15, -0.1) is 0 Å². The third-order valence-corrected chi connectivity index (χ3v) is 3.84. The lowest BCUT2D eigenvalue weighted by Crippen LogP contribution is -2.43. The highest BCUT2D eigenvalue weighted by atomic mass is 19.1. The molecule has 1 N–H and O–H groups in total. The van der Waals surface area contributed by atoms with Crippen molar-refractivity contribution < 1.29 is 18.7 Å². The van der Waals surface area contributed by atoms with Crippen molar-refractivity contribution in [2.24, 2.45) is 0 Å². The zero-order valence-electron chi connectivity index (χ0n) is 14.0. The van der Waals surface area contributed by atoms with E-state index in [2.05, 4.69) is 5.32 Å². The molecule has 1 aromatic rings. The number of ether oxygens (including phenoxy) is 1. The molecule has 3 amide bonds. The van der Waals surface area contributed by atoms with Gasteiger partial charge in [0.1, 0.15) is 11.6 Å². The lowest BCUT2D eigenvalue weighted by Gasteiger charge is -2.22. The highest BCUT2D eigenvalue weighted by molar-refractivity contribution is 5.78. The van der Waals surface area contributed by atoms with E-state index in [1.807, 2.05) is 6.92 Å². The predicted octanol–water partition coefficient (Wildman–Crippen LogP) is 1.86. The predicted molar refractivity (Wildman–Crippen MR) is 88.4 cm³/mol. The van der Waals surface area contributed by atoms with Gasteiger partial charge >= 0.3 is 6.03 Å². The molecular weight excluding hydrogens is 313 g/mol. The second-order valence-electron chi connectivity index (χ2n) is 5.70. The van der Waals surface area contributed by atoms with Crippen LogP contribution in [-0.2, 0) is 4.79 Å². The van der Waals surface area contributed by atoms with Gasteiger partial charge in [-0.25, -0.2) is 9.18 Å². The highest BCUT2D eigenvalue weighted by Gasteiger charge is 2.22. The van der Waals surface area contributed by atoms with Crippen LogP contribution in [0.25, 0.3) is 0 Å². The number of rotatable bonds is 5. The minimum atomic E-state index is -0.345. The summed E-state index contributed by atoms with van der Waals surface area (Å²) in [6, 6.07) is 5.49. The van der Waals surface area contributed by atoms with Gasteiger partial charge in [0.25, 0.3) is 5.91 Å². The molecule has 1 aromatic carbocycles. The zero-order valence-corrected chi connectivity index (χ0v) is 14.0. The minimum absolute atomic E-state index is 0.0753. The smallest absolute Gasteiger partial charge is 0.317 e. The summed E-state index contributed by atoms with van der Waals surface area (Å²) >= 11 is 0. The topological polar surface area (TPSA) is 61.9 Å². The van der Waals surface area contributed by atoms with Crippen molar-refractivity contribution in [3.8, 4) is 5.75 Å². The van der Waals surface area contributed by atoms with Gasteiger partial charge in [0.05, 0.1) is 0 Å². The van der Waals surface area contributed by atoms with Gasteiger partial charge in [0.2, 0.25) is 0 Å². The van der Waals surface area contributed by atoms with Gasteiger partial charge in [-0.05, 0) is 37.1 Å². The molecule has 0 aliphatic carbocycles. The number of carbonyl (C=O) groups excluding carboxylic acids is 2. The summed E-state index contributed by atoms with van der Waals surface area (Å²) in [5.41, 5.74) is 0. The fourth-order valence-electron chi connectivity index (χ4n) is 2.48. The monoisotopic (exact) mass is 337 g/mol. The summed E-state index contributed by atoms with van der Waals surface area (Å²) in [5.74, 6) is -0.0158. The second-order valence-corrected chi connectivity index (χ2v) is 5.70. The van der Waals surface area contributed by atoms with Gasteiger partial charge < -0.3 is 19.9 Å². The average Bonchev–Trinajstić information content (AvgIpc) is 2.85. The van der Waals surface area contributed by atoms with Crippen molar-refractivity contribution in [3.63, 3.8) is 0 Å². The van der Waals surface area contributed by atoms with Crippen molar-refractivity contribution >= 4 is 11.9 Å². The molecule has 132 valence electrons. The summed E-state index contributed by atoms with van der Waals surface area (Å²) in [4.78, 5) is 27.7. The van der Waals surface area contributed by atoms with Crippen LogP contribution in [0.1, 0.15) is 19.8 Å². The second kappa shape index (κ2) is 9.10. The number of halogens is 1. The molecule has 2 rings (SSSR count). The fraction of sp³-hybridized carbons (Fsp3) is 0.529. The number of nitrogens with one attached hydrogen (secondary N) is 1. The molecule has 1 aliphatic heterocycles. The Kier molecular flexibility index (Phi) is 6.84. The Morgan fingerprint density at radius 1 is 1.12 bits per heavy atom. The first kappa shape index (κ1) is 18.0. The number of carbonyl (C=O) groups is 2. The Balaban J connectivity index is 1.78. The van der Waals surface area contributed by atoms with E-state index in [9.17, 15) is 14.0 Å². The lowest BCUT2D eigenvalue weighted by atomic mass is 10.3. The van der Waals surface area contributed by atoms with Gasteiger partial charge in [0.15, 0.2) is 6.61 Å². The number of amides is 3. The molecule has 1 fully saturated rings. The van der Waals surface area contributed by atoms with Crippen LogP contribution in [0.15, 0.2) is 24.3 Å². The molecule has 0 bridgehead atoms. The fourth-order valence-corrected chi connectivity index (χ4v) is 2.48. The summed E-state index contributed by atoms with van der Waals surface area (Å²) in [7, 11) is 0. The van der Waals surface area contributed by atoms with E-state index in [-0.39, 0.29) is 24.4 Å². The molecule has 0 spiro atoms. The average molecular weight is 337 g/mol. The van der Waals surface area contributed by atoms with E-state index in [1.54, 1.807) is 9.80 Å². The third-order valence-electron chi connectivity index (χ3n) is 3.84. The SMILES string of the molecule is CCCNC(=O)N1CCCN(C(=O)COc2ccc(F)cc2)CC1. The maximum atomic E-state index is 12.8. The van der Waals surface area contributed by atoms with Gasteiger partial charge in [0, 0.05) is 32.7 Å². The number of nitrogens with zero attached hydrogens (tertiary/aromatic N) is 2. The van der Waals surface area contributed by atoms with Crippen molar-refractivity contribution in [1.29, 1.82) is 0 Å². The van der Waals surface area contributed by atoms with Crippen molar-refractivity contribution in [3.05, 3.63) is 30.1 Å². The molecule has 1 heterocycles. The molecule has 6 nitrogen and oxygen atoms in total. The van der Waals surface area contributed by atoms with Crippen LogP contribution in [0.2, 0.25) is 0 Å². The first-order chi connectivity index (χ1) is 11.6. The summed E-state index contributed by atoms with van der Waals surface area (Å²) < 4.78 is 18.2. The Morgan fingerprint density at radius 3 is 2.50 bits per heavy atom. The van der Waals surface area contributed by atoms with E-state index < -0.39 is 0 Å². The normalized spacial score (nSPS) is 14.9. The summed E-state index contributed by atoms with van der Waals surface area (Å²) in [6.45, 7) is 4.81. The molecule has 1 saturated heterocycles. The van der Waals surface area contributed by atoms with Gasteiger partial charge in [-0.3, -0.25) is 4.79 Å². The van der Waals surface area contributed by atoms with Crippen molar-refractivity contribution in [2.45, 2.75) is 19.8 Å². The minimum Gasteiger partial charge on any atom is -0.484 e. The number of urea groups is 1. The molecule has 0 aromatic heterocycles. The van der Waals surface area contributed by atoms with Crippen LogP contribution in [-0.4, -0.2) is 61.1 Å². The molecular formula is C17H24FN3O3. The largest absolute Gasteiger partial charge is 0.484 e. The number of benzene rings is 1. The van der Waals surface area contributed by atoms with E-state index in [0.717, 1.165) is 12.8 Å². The Hall–Kier alpha value is -2.31. The summed E-state index contributed by atoms with van der Waals surface area (Å²) in [6.07, 6.45) is 1.63.